The summed E-state index contributed by atoms with van der Waals surface area (Å²) in [6, 6.07) is 13.6. The molecule has 0 amide bonds. The van der Waals surface area contributed by atoms with Gasteiger partial charge in [0.1, 0.15) is 11.6 Å². The highest BCUT2D eigenvalue weighted by Crippen LogP contribution is 2.21. The van der Waals surface area contributed by atoms with Crippen molar-refractivity contribution in [1.82, 2.24) is 9.97 Å². The van der Waals surface area contributed by atoms with E-state index in [9.17, 15) is 4.79 Å². The fraction of sp³-hybridized carbons (Fsp3) is 0.200. The second-order valence-corrected chi connectivity index (χ2v) is 6.12. The molecule has 0 aliphatic heterocycles. The number of carboxylic acids is 1. The van der Waals surface area contributed by atoms with Gasteiger partial charge in [-0.1, -0.05) is 24.3 Å². The third-order valence-corrected chi connectivity index (χ3v) is 3.64. The summed E-state index contributed by atoms with van der Waals surface area (Å²) in [5, 5.41) is 8.65. The Labute approximate surface area is 158 Å². The highest BCUT2D eigenvalue weighted by atomic mass is 35.5. The van der Waals surface area contributed by atoms with Crippen molar-refractivity contribution in [1.29, 1.82) is 0 Å². The van der Waals surface area contributed by atoms with Crippen LogP contribution in [-0.4, -0.2) is 27.1 Å². The Balaban J connectivity index is 0.00000243. The van der Waals surface area contributed by atoms with E-state index in [2.05, 4.69) is 9.97 Å². The number of ether oxygens (including phenoxy) is 1. The zero-order valence-electron chi connectivity index (χ0n) is 14.6. The maximum Gasteiger partial charge on any atom is 0.328 e. The SMILES string of the molecule is CC(C)Oc1ccc2nc(Cc3ccc(/C=C/C(=O)O)cc3)[nH]c2c1.Cl. The number of fused-ring (bicyclic) bond motifs is 1. The van der Waals surface area contributed by atoms with Crippen LogP contribution in [0, 0.1) is 0 Å². The van der Waals surface area contributed by atoms with Gasteiger partial charge in [-0.25, -0.2) is 9.78 Å². The lowest BCUT2D eigenvalue weighted by Crippen LogP contribution is -2.05. The third-order valence-electron chi connectivity index (χ3n) is 3.64. The number of carbonyl (C=O) groups is 1. The quantitative estimate of drug-likeness (QED) is 0.626. The minimum Gasteiger partial charge on any atom is -0.491 e. The predicted molar refractivity (Wildman–Crippen MR) is 105 cm³/mol. The van der Waals surface area contributed by atoms with Crippen LogP contribution in [-0.2, 0) is 11.2 Å². The number of hydrogen-bond donors (Lipinski definition) is 2. The van der Waals surface area contributed by atoms with Gasteiger partial charge in [0.15, 0.2) is 0 Å². The molecule has 6 heteroatoms. The van der Waals surface area contributed by atoms with E-state index in [1.165, 1.54) is 0 Å². The molecule has 0 unspecified atom stereocenters. The average molecular weight is 373 g/mol. The maximum atomic E-state index is 10.5. The summed E-state index contributed by atoms with van der Waals surface area (Å²) in [5.41, 5.74) is 3.82. The molecular formula is C20H21ClN2O3. The van der Waals surface area contributed by atoms with E-state index in [1.807, 2.05) is 56.3 Å². The molecule has 136 valence electrons. The molecule has 0 aliphatic rings. The molecule has 0 fully saturated rings. The van der Waals surface area contributed by atoms with Gasteiger partial charge in [0.05, 0.1) is 17.1 Å². The Kier molecular flexibility index (Phi) is 6.41. The molecule has 0 bridgehead atoms. The highest BCUT2D eigenvalue weighted by Gasteiger charge is 2.06. The number of hydrogen-bond acceptors (Lipinski definition) is 3. The molecule has 0 saturated carbocycles. The van der Waals surface area contributed by atoms with Gasteiger partial charge in [-0.2, -0.15) is 0 Å². The number of aromatic amines is 1. The molecular weight excluding hydrogens is 352 g/mol. The molecule has 1 heterocycles. The van der Waals surface area contributed by atoms with Crippen LogP contribution >= 0.6 is 12.4 Å². The van der Waals surface area contributed by atoms with E-state index in [4.69, 9.17) is 9.84 Å². The Morgan fingerprint density at radius 3 is 2.62 bits per heavy atom. The number of nitrogens with one attached hydrogen (secondary N) is 1. The fourth-order valence-electron chi connectivity index (χ4n) is 2.58. The number of H-pyrrole nitrogens is 1. The molecule has 5 nitrogen and oxygen atoms in total. The molecule has 0 saturated heterocycles. The molecule has 2 aromatic carbocycles. The summed E-state index contributed by atoms with van der Waals surface area (Å²) in [6.07, 6.45) is 3.51. The minimum absolute atomic E-state index is 0. The Morgan fingerprint density at radius 2 is 1.96 bits per heavy atom. The average Bonchev–Trinajstić information content (AvgIpc) is 2.95. The van der Waals surface area contributed by atoms with Gasteiger partial charge in [-0.05, 0) is 43.2 Å². The van der Waals surface area contributed by atoms with E-state index in [0.29, 0.717) is 6.42 Å². The van der Waals surface area contributed by atoms with Crippen molar-refractivity contribution in [3.63, 3.8) is 0 Å². The first-order chi connectivity index (χ1) is 12.0. The Hall–Kier alpha value is -2.79. The number of benzene rings is 2. The van der Waals surface area contributed by atoms with Gasteiger partial charge in [0, 0.05) is 18.6 Å². The summed E-state index contributed by atoms with van der Waals surface area (Å²) in [5.74, 6) is 0.755. The number of halogens is 1. The summed E-state index contributed by atoms with van der Waals surface area (Å²) < 4.78 is 5.71. The molecule has 0 spiro atoms. The molecule has 3 aromatic rings. The second-order valence-electron chi connectivity index (χ2n) is 6.12. The van der Waals surface area contributed by atoms with Crippen LogP contribution in [0.2, 0.25) is 0 Å². The van der Waals surface area contributed by atoms with E-state index < -0.39 is 5.97 Å². The molecule has 1 aromatic heterocycles. The second kappa shape index (κ2) is 8.54. The van der Waals surface area contributed by atoms with Crippen LogP contribution < -0.4 is 4.74 Å². The number of rotatable bonds is 6. The fourth-order valence-corrected chi connectivity index (χ4v) is 2.58. The van der Waals surface area contributed by atoms with Gasteiger partial charge < -0.3 is 14.8 Å². The van der Waals surface area contributed by atoms with Crippen LogP contribution in [0.5, 0.6) is 5.75 Å². The largest absolute Gasteiger partial charge is 0.491 e. The number of imidazole rings is 1. The summed E-state index contributed by atoms with van der Waals surface area (Å²) in [7, 11) is 0. The van der Waals surface area contributed by atoms with Gasteiger partial charge in [0.2, 0.25) is 0 Å². The molecule has 3 rings (SSSR count). The van der Waals surface area contributed by atoms with Crippen LogP contribution in [0.15, 0.2) is 48.5 Å². The van der Waals surface area contributed by atoms with Crippen molar-refractivity contribution in [3.8, 4) is 5.75 Å². The monoisotopic (exact) mass is 372 g/mol. The lowest BCUT2D eigenvalue weighted by atomic mass is 10.1. The maximum absolute atomic E-state index is 10.5. The standard InChI is InChI=1S/C20H20N2O3.ClH/c1-13(2)25-16-8-9-17-18(12-16)22-19(21-17)11-15-5-3-14(4-6-15)7-10-20(23)24;/h3-10,12-13H,11H2,1-2H3,(H,21,22)(H,23,24);1H/b10-7+;. The van der Waals surface area contributed by atoms with E-state index >= 15 is 0 Å². The van der Waals surface area contributed by atoms with E-state index in [0.717, 1.165) is 39.8 Å². The Bertz CT molecular complexity index is 914. The zero-order chi connectivity index (χ0) is 17.8. The molecule has 0 aliphatic carbocycles. The molecule has 26 heavy (non-hydrogen) atoms. The molecule has 0 radical (unpaired) electrons. The normalized spacial score (nSPS) is 11.0. The number of carboxylic acid groups (broad SMARTS) is 1. The van der Waals surface area contributed by atoms with Crippen LogP contribution in [0.25, 0.3) is 17.1 Å². The number of aliphatic carboxylic acids is 1. The highest BCUT2D eigenvalue weighted by molar-refractivity contribution is 5.85. The first kappa shape index (κ1) is 19.5. The molecule has 2 N–H and O–H groups in total. The van der Waals surface area contributed by atoms with Crippen molar-refractivity contribution in [2.24, 2.45) is 0 Å². The van der Waals surface area contributed by atoms with E-state index in [1.54, 1.807) is 6.08 Å². The minimum atomic E-state index is -0.952. The first-order valence-corrected chi connectivity index (χ1v) is 8.15. The smallest absolute Gasteiger partial charge is 0.328 e. The number of nitrogens with zero attached hydrogens (tertiary/aromatic N) is 1. The van der Waals surface area contributed by atoms with Crippen molar-refractivity contribution >= 4 is 35.5 Å². The van der Waals surface area contributed by atoms with Gasteiger partial charge >= 0.3 is 5.97 Å². The van der Waals surface area contributed by atoms with Crippen molar-refractivity contribution in [2.75, 3.05) is 0 Å². The van der Waals surface area contributed by atoms with Crippen LogP contribution in [0.1, 0.15) is 30.8 Å². The number of aromatic nitrogens is 2. The van der Waals surface area contributed by atoms with Crippen molar-refractivity contribution < 1.29 is 14.6 Å². The predicted octanol–water partition coefficient (Wildman–Crippen LogP) is 4.46. The topological polar surface area (TPSA) is 75.2 Å². The summed E-state index contributed by atoms with van der Waals surface area (Å²) >= 11 is 0. The van der Waals surface area contributed by atoms with Crippen molar-refractivity contribution in [2.45, 2.75) is 26.4 Å². The van der Waals surface area contributed by atoms with Crippen LogP contribution in [0.3, 0.4) is 0 Å². The molecule has 0 atom stereocenters. The lowest BCUT2D eigenvalue weighted by Gasteiger charge is -2.08. The third kappa shape index (κ3) is 5.10. The summed E-state index contributed by atoms with van der Waals surface area (Å²) in [4.78, 5) is 18.5. The van der Waals surface area contributed by atoms with Gasteiger partial charge in [-0.15, -0.1) is 12.4 Å². The Morgan fingerprint density at radius 1 is 1.23 bits per heavy atom. The zero-order valence-corrected chi connectivity index (χ0v) is 15.4. The lowest BCUT2D eigenvalue weighted by molar-refractivity contribution is -0.131. The van der Waals surface area contributed by atoms with Gasteiger partial charge in [0.25, 0.3) is 0 Å². The van der Waals surface area contributed by atoms with Crippen LogP contribution in [0.4, 0.5) is 0 Å². The van der Waals surface area contributed by atoms with Crippen molar-refractivity contribution in [3.05, 3.63) is 65.5 Å². The summed E-state index contributed by atoms with van der Waals surface area (Å²) in [6.45, 7) is 4.00. The van der Waals surface area contributed by atoms with E-state index in [-0.39, 0.29) is 18.5 Å². The van der Waals surface area contributed by atoms with Gasteiger partial charge in [-0.3, -0.25) is 0 Å². The first-order valence-electron chi connectivity index (χ1n) is 8.15.